The zero-order valence-corrected chi connectivity index (χ0v) is 13.9. The maximum atomic E-state index is 2.69. The van der Waals surface area contributed by atoms with Gasteiger partial charge in [-0.15, -0.1) is 0 Å². The predicted octanol–water partition coefficient (Wildman–Crippen LogP) is 4.18. The Balaban J connectivity index is 2.06. The van der Waals surface area contributed by atoms with Gasteiger partial charge in [0, 0.05) is 0 Å². The first kappa shape index (κ1) is 14.7. The molecule has 1 fully saturated rings. The summed E-state index contributed by atoms with van der Waals surface area (Å²) in [5.74, 6) is 0. The minimum absolute atomic E-state index is 0.714. The summed E-state index contributed by atoms with van der Waals surface area (Å²) in [6.45, 7) is 8.66. The number of hydrogen-bond donors (Lipinski definition) is 0. The van der Waals surface area contributed by atoms with Gasteiger partial charge in [0.2, 0.25) is 0 Å². The molecule has 1 aliphatic rings. The molecule has 1 heterocycles. The molecule has 0 N–H and O–H groups in total. The summed E-state index contributed by atoms with van der Waals surface area (Å²) in [4.78, 5) is 7.77. The molecule has 1 aliphatic heterocycles. The molecule has 0 aromatic carbocycles. The third-order valence-corrected chi connectivity index (χ3v) is 11.6. The fourth-order valence-corrected chi connectivity index (χ4v) is 10.1. The van der Waals surface area contributed by atoms with Crippen molar-refractivity contribution in [2.75, 3.05) is 19.6 Å². The Bertz CT molecular complexity index is 149. The van der Waals surface area contributed by atoms with E-state index in [0.717, 1.165) is 0 Å². The van der Waals surface area contributed by atoms with Gasteiger partial charge in [-0.2, -0.15) is 0 Å². The van der Waals surface area contributed by atoms with Crippen LogP contribution in [0.1, 0.15) is 52.4 Å². The summed E-state index contributed by atoms with van der Waals surface area (Å²) >= 11 is -0.714. The van der Waals surface area contributed by atoms with Gasteiger partial charge in [-0.3, -0.25) is 0 Å². The van der Waals surface area contributed by atoms with Crippen molar-refractivity contribution in [2.45, 2.75) is 67.3 Å². The molecule has 2 heteroatoms. The van der Waals surface area contributed by atoms with E-state index in [1.807, 2.05) is 0 Å². The Morgan fingerprint density at radius 3 is 2.06 bits per heavy atom. The van der Waals surface area contributed by atoms with Crippen LogP contribution in [0, 0.1) is 0 Å². The van der Waals surface area contributed by atoms with Crippen molar-refractivity contribution in [3.63, 3.8) is 0 Å². The molecule has 0 spiro atoms. The van der Waals surface area contributed by atoms with Gasteiger partial charge in [0.1, 0.15) is 0 Å². The van der Waals surface area contributed by atoms with Crippen LogP contribution in [0.15, 0.2) is 0 Å². The Hall–Kier alpha value is 0.596. The molecule has 16 heavy (non-hydrogen) atoms. The summed E-state index contributed by atoms with van der Waals surface area (Å²) in [5, 5.41) is 0. The van der Waals surface area contributed by atoms with Crippen molar-refractivity contribution in [2.24, 2.45) is 0 Å². The summed E-state index contributed by atoms with van der Waals surface area (Å²) in [6, 6.07) is 0. The first-order valence-electron chi connectivity index (χ1n) is 7.59. The summed E-state index contributed by atoms with van der Waals surface area (Å²) in [5.41, 5.74) is 0. The second-order valence-corrected chi connectivity index (χ2v) is 12.8. The molecule has 94 valence electrons. The van der Waals surface area contributed by atoms with Crippen LogP contribution >= 0.6 is 0 Å². The van der Waals surface area contributed by atoms with Gasteiger partial charge in [0.15, 0.2) is 0 Å². The zero-order chi connectivity index (χ0) is 11.6. The molecule has 1 saturated heterocycles. The molecular formula is C14H30GaN. The van der Waals surface area contributed by atoms with Gasteiger partial charge in [0.05, 0.1) is 0 Å². The van der Waals surface area contributed by atoms with Crippen molar-refractivity contribution in [3.8, 4) is 0 Å². The van der Waals surface area contributed by atoms with Crippen molar-refractivity contribution in [3.05, 3.63) is 0 Å². The third kappa shape index (κ3) is 6.36. The number of hydrogen-bond acceptors (Lipinski definition) is 1. The third-order valence-electron chi connectivity index (χ3n) is 3.89. The van der Waals surface area contributed by atoms with Gasteiger partial charge >= 0.3 is 108 Å². The molecular weight excluding hydrogens is 252 g/mol. The van der Waals surface area contributed by atoms with E-state index >= 15 is 0 Å². The van der Waals surface area contributed by atoms with Crippen LogP contribution in [0.4, 0.5) is 0 Å². The van der Waals surface area contributed by atoms with E-state index < -0.39 is 16.2 Å². The molecule has 1 nitrogen and oxygen atoms in total. The van der Waals surface area contributed by atoms with E-state index in [0.29, 0.717) is 0 Å². The van der Waals surface area contributed by atoms with Crippen molar-refractivity contribution < 1.29 is 0 Å². The van der Waals surface area contributed by atoms with Gasteiger partial charge in [-0.05, 0) is 0 Å². The van der Waals surface area contributed by atoms with Crippen LogP contribution in [-0.2, 0) is 0 Å². The number of nitrogens with zero attached hydrogens (tertiary/aromatic N) is 1. The Kier molecular flexibility index (Phi) is 8.80. The van der Waals surface area contributed by atoms with Crippen LogP contribution in [0.3, 0.4) is 0 Å². The van der Waals surface area contributed by atoms with Crippen LogP contribution in [-0.4, -0.2) is 40.8 Å². The Morgan fingerprint density at radius 2 is 1.50 bits per heavy atom. The molecule has 0 saturated carbocycles. The second kappa shape index (κ2) is 9.61. The monoisotopic (exact) mass is 281 g/mol. The molecule has 0 aromatic heterocycles. The zero-order valence-electron chi connectivity index (χ0n) is 11.5. The Morgan fingerprint density at radius 1 is 0.875 bits per heavy atom. The average molecular weight is 282 g/mol. The van der Waals surface area contributed by atoms with E-state index in [4.69, 9.17) is 0 Å². The molecule has 0 aliphatic carbocycles. The van der Waals surface area contributed by atoms with Crippen LogP contribution in [0.5, 0.6) is 0 Å². The van der Waals surface area contributed by atoms with Gasteiger partial charge < -0.3 is 0 Å². The molecule has 0 aromatic rings. The first-order chi connectivity index (χ1) is 7.86. The first-order valence-corrected chi connectivity index (χ1v) is 12.7. The molecule has 0 atom stereocenters. The minimum atomic E-state index is -0.714. The summed E-state index contributed by atoms with van der Waals surface area (Å²) in [7, 11) is 0. The molecule has 1 rings (SSSR count). The number of rotatable bonds is 8. The van der Waals surface area contributed by atoms with Gasteiger partial charge in [0.25, 0.3) is 0 Å². The van der Waals surface area contributed by atoms with Gasteiger partial charge in [-0.1, -0.05) is 0 Å². The fraction of sp³-hybridized carbons (Fsp3) is 1.00. The summed E-state index contributed by atoms with van der Waals surface area (Å²) in [6.07, 6.45) is 8.87. The van der Waals surface area contributed by atoms with Crippen molar-refractivity contribution in [1.29, 1.82) is 0 Å². The Labute approximate surface area is 108 Å². The van der Waals surface area contributed by atoms with E-state index in [-0.39, 0.29) is 0 Å². The molecule has 0 radical (unpaired) electrons. The van der Waals surface area contributed by atoms with E-state index in [2.05, 4.69) is 18.7 Å². The summed E-state index contributed by atoms with van der Waals surface area (Å²) < 4.78 is 0. The van der Waals surface area contributed by atoms with Crippen molar-refractivity contribution >= 4 is 16.2 Å². The fourth-order valence-electron chi connectivity index (χ4n) is 3.05. The molecule has 0 bridgehead atoms. The van der Waals surface area contributed by atoms with E-state index in [9.17, 15) is 0 Å². The van der Waals surface area contributed by atoms with Crippen molar-refractivity contribution in [1.82, 2.24) is 4.90 Å². The topological polar surface area (TPSA) is 3.24 Å². The normalized spacial score (nSPS) is 17.1. The standard InChI is InChI=1S/C9H20N.C5H10.Ga/c1-4-7-10(8-5-2)9-6-3;1-3-5-4-2;/h1,4-9H2,2-3H3;1-5H2;. The second-order valence-electron chi connectivity index (χ2n) is 5.49. The van der Waals surface area contributed by atoms with Gasteiger partial charge in [-0.25, -0.2) is 0 Å². The molecule has 0 amide bonds. The van der Waals surface area contributed by atoms with Crippen LogP contribution in [0.2, 0.25) is 14.9 Å². The van der Waals surface area contributed by atoms with Crippen LogP contribution in [0.25, 0.3) is 0 Å². The molecule has 0 unspecified atom stereocenters. The van der Waals surface area contributed by atoms with Crippen LogP contribution < -0.4 is 0 Å². The average Bonchev–Trinajstić information content (AvgIpc) is 2.31. The quantitative estimate of drug-likeness (QED) is 0.604. The SMILES string of the molecule is CCCN(CCC)CC[CH2][Ga]1[CH2]CCC[CH2]1. The van der Waals surface area contributed by atoms with E-state index in [1.165, 1.54) is 38.9 Å². The maximum absolute atomic E-state index is 2.69. The van der Waals surface area contributed by atoms with E-state index in [1.54, 1.807) is 34.2 Å². The predicted molar refractivity (Wildman–Crippen MR) is 75.7 cm³/mol.